The van der Waals surface area contributed by atoms with Crippen LogP contribution in [0.2, 0.25) is 0 Å². The Morgan fingerprint density at radius 1 is 0.413 bits per heavy atom. The molecule has 4 heterocycles. The second kappa shape index (κ2) is 23.4. The molecule has 4 fully saturated rings. The van der Waals surface area contributed by atoms with Crippen molar-refractivity contribution in [2.75, 3.05) is 26.4 Å². The molecule has 63 heavy (non-hydrogen) atoms. The van der Waals surface area contributed by atoms with E-state index in [1.165, 1.54) is 39.0 Å². The van der Waals surface area contributed by atoms with E-state index in [0.717, 1.165) is 0 Å². The van der Waals surface area contributed by atoms with E-state index in [-0.39, 0.29) is 16.7 Å². The minimum absolute atomic E-state index is 0.160. The average molecular weight is 913 g/mol. The van der Waals surface area contributed by atoms with Crippen LogP contribution >= 0.6 is 0 Å². The summed E-state index contributed by atoms with van der Waals surface area (Å²) in [6.07, 6.45) is -34.3. The first-order valence-corrected chi connectivity index (χ1v) is 20.1. The molecule has 4 rings (SSSR count). The molecule has 360 valence electrons. The van der Waals surface area contributed by atoms with Crippen molar-refractivity contribution in [3.8, 4) is 0 Å². The molecule has 20 unspecified atom stereocenters. The Balaban J connectivity index is 1.72. The molecule has 0 aromatic heterocycles. The number of esters is 3. The van der Waals surface area contributed by atoms with Gasteiger partial charge in [-0.2, -0.15) is 0 Å². The van der Waals surface area contributed by atoms with Gasteiger partial charge in [0, 0.05) is 16.7 Å². The van der Waals surface area contributed by atoms with Gasteiger partial charge in [0.1, 0.15) is 117 Å². The predicted molar refractivity (Wildman–Crippen MR) is 204 cm³/mol. The molecule has 0 aromatic carbocycles. The van der Waals surface area contributed by atoms with Crippen LogP contribution in [0.3, 0.4) is 0 Å². The monoisotopic (exact) mass is 912 g/mol. The van der Waals surface area contributed by atoms with Gasteiger partial charge in [0.15, 0.2) is 25.2 Å². The van der Waals surface area contributed by atoms with Gasteiger partial charge < -0.3 is 104 Å². The smallest absolute Gasteiger partial charge is 0.333 e. The molecule has 0 aromatic rings. The highest BCUT2D eigenvalue weighted by Crippen LogP contribution is 2.35. The number of carbonyl (C=O) groups is 3. The van der Waals surface area contributed by atoms with Crippen LogP contribution < -0.4 is 0 Å². The van der Waals surface area contributed by atoms with E-state index in [0.29, 0.717) is 0 Å². The fourth-order valence-electron chi connectivity index (χ4n) is 6.55. The zero-order valence-electron chi connectivity index (χ0n) is 35.3. The number of aliphatic hydroxyl groups excluding tert-OH is 11. The Morgan fingerprint density at radius 3 is 1.02 bits per heavy atom. The van der Waals surface area contributed by atoms with Crippen molar-refractivity contribution in [3.05, 3.63) is 34.9 Å². The molecule has 0 saturated carbocycles. The molecule has 0 radical (unpaired) electrons. The number of carbonyl (C=O) groups excluding carboxylic acids is 3. The molecule has 0 amide bonds. The minimum atomic E-state index is -2.13. The van der Waals surface area contributed by atoms with Crippen molar-refractivity contribution in [3.63, 3.8) is 0 Å². The number of hydrogen-bond acceptors (Lipinski definition) is 24. The third kappa shape index (κ3) is 12.4. The second-order valence-electron chi connectivity index (χ2n) is 15.3. The molecular formula is C39H60O24. The fourth-order valence-corrected chi connectivity index (χ4v) is 6.55. The predicted octanol–water partition coefficient (Wildman–Crippen LogP) is -5.20. The van der Waals surface area contributed by atoms with Gasteiger partial charge >= 0.3 is 17.9 Å². The van der Waals surface area contributed by atoms with Crippen molar-refractivity contribution in [2.24, 2.45) is 0 Å². The summed E-state index contributed by atoms with van der Waals surface area (Å²) in [4.78, 5) is 37.4. The topological polar surface area (TPSA) is 366 Å². The third-order valence-corrected chi connectivity index (χ3v) is 11.1. The Hall–Kier alpha value is -3.09. The van der Waals surface area contributed by atoms with Crippen LogP contribution in [-0.4, -0.2) is 223 Å². The van der Waals surface area contributed by atoms with Crippen LogP contribution in [0.25, 0.3) is 0 Å². The van der Waals surface area contributed by atoms with Gasteiger partial charge in [-0.05, 0) is 41.5 Å². The fraction of sp³-hybridized carbons (Fsp3) is 0.769. The average Bonchev–Trinajstić information content (AvgIpc) is 3.28. The van der Waals surface area contributed by atoms with Gasteiger partial charge in [0.2, 0.25) is 0 Å². The molecule has 11 N–H and O–H groups in total. The number of ether oxygens (including phenoxy) is 10. The summed E-state index contributed by atoms with van der Waals surface area (Å²) in [5.74, 6) is -2.48. The van der Waals surface area contributed by atoms with E-state index < -0.39 is 167 Å². The zero-order chi connectivity index (χ0) is 47.0. The molecule has 0 spiro atoms. The third-order valence-electron chi connectivity index (χ3n) is 11.1. The SMILES string of the molecule is CC=C(C)C(=O)OCC1OC(OC2C(OC3OC(COC(=O)C(C)=CC)C(O)C(O)C3OC3OC(CO)C(O)C(O)C3O)OC(COC(=O)C(C)=CC)C(O)C2O)C(O)C(O)C1O. The summed E-state index contributed by atoms with van der Waals surface area (Å²) in [6.45, 7) is 5.98. The number of rotatable bonds is 16. The first kappa shape index (κ1) is 52.5. The van der Waals surface area contributed by atoms with Crippen molar-refractivity contribution in [1.82, 2.24) is 0 Å². The van der Waals surface area contributed by atoms with Crippen LogP contribution in [0.1, 0.15) is 41.5 Å². The number of allylic oxidation sites excluding steroid dienone is 3. The Bertz CT molecular complexity index is 1620. The molecule has 24 nitrogen and oxygen atoms in total. The van der Waals surface area contributed by atoms with Crippen LogP contribution in [0.15, 0.2) is 34.9 Å². The van der Waals surface area contributed by atoms with Crippen molar-refractivity contribution >= 4 is 17.9 Å². The Kier molecular flexibility index (Phi) is 19.5. The summed E-state index contributed by atoms with van der Waals surface area (Å²) < 4.78 is 56.4. The van der Waals surface area contributed by atoms with Crippen molar-refractivity contribution in [1.29, 1.82) is 0 Å². The van der Waals surface area contributed by atoms with Gasteiger partial charge in [0.05, 0.1) is 6.61 Å². The lowest BCUT2D eigenvalue weighted by molar-refractivity contribution is -0.414. The van der Waals surface area contributed by atoms with Gasteiger partial charge in [-0.3, -0.25) is 0 Å². The Morgan fingerprint density at radius 2 is 0.698 bits per heavy atom. The lowest BCUT2D eigenvalue weighted by Gasteiger charge is -2.49. The zero-order valence-corrected chi connectivity index (χ0v) is 35.3. The maximum atomic E-state index is 12.5. The van der Waals surface area contributed by atoms with Crippen molar-refractivity contribution in [2.45, 2.75) is 164 Å². The highest BCUT2D eigenvalue weighted by atomic mass is 16.8. The van der Waals surface area contributed by atoms with Crippen LogP contribution in [0.4, 0.5) is 0 Å². The quantitative estimate of drug-likeness (QED) is 0.0392. The van der Waals surface area contributed by atoms with Gasteiger partial charge in [-0.25, -0.2) is 14.4 Å². The standard InChI is InChI=1S/C39H60O24/c1-7-14(4)33(51)54-11-18-22(42)26(46)30(50)37(58-18)62-32-28(48)24(44)20(13-56-35(53)16(6)9-3)60-39(32)63-38-31(61-36-29(49)25(45)21(41)17(10-40)57-36)27(47)23(43)19(59-38)12-55-34(52)15(5)8-2/h7-9,17-32,36-50H,10-13H2,1-6H3. The molecule has 20 atom stereocenters. The van der Waals surface area contributed by atoms with E-state index in [2.05, 4.69) is 0 Å². The molecule has 24 heteroatoms. The molecular weight excluding hydrogens is 852 g/mol. The van der Waals surface area contributed by atoms with Crippen LogP contribution in [-0.2, 0) is 61.8 Å². The summed E-state index contributed by atoms with van der Waals surface area (Å²) in [6, 6.07) is 0. The Labute approximate surface area is 361 Å². The molecule has 4 aliphatic rings. The van der Waals surface area contributed by atoms with E-state index in [1.54, 1.807) is 20.8 Å². The second-order valence-corrected chi connectivity index (χ2v) is 15.3. The van der Waals surface area contributed by atoms with E-state index >= 15 is 0 Å². The lowest BCUT2D eigenvalue weighted by Crippen LogP contribution is -2.67. The summed E-state index contributed by atoms with van der Waals surface area (Å²) in [5.41, 5.74) is 0.513. The van der Waals surface area contributed by atoms with Crippen molar-refractivity contribution < 1.29 is 118 Å². The highest BCUT2D eigenvalue weighted by Gasteiger charge is 2.56. The van der Waals surface area contributed by atoms with Crippen LogP contribution in [0.5, 0.6) is 0 Å². The van der Waals surface area contributed by atoms with E-state index in [9.17, 15) is 70.6 Å². The first-order chi connectivity index (χ1) is 29.7. The largest absolute Gasteiger partial charge is 0.459 e. The van der Waals surface area contributed by atoms with Gasteiger partial charge in [0.25, 0.3) is 0 Å². The summed E-state index contributed by atoms with van der Waals surface area (Å²) in [7, 11) is 0. The van der Waals surface area contributed by atoms with Crippen LogP contribution in [0, 0.1) is 0 Å². The van der Waals surface area contributed by atoms with Gasteiger partial charge in [-0.1, -0.05) is 18.2 Å². The van der Waals surface area contributed by atoms with Gasteiger partial charge in [-0.15, -0.1) is 0 Å². The maximum Gasteiger partial charge on any atom is 0.333 e. The van der Waals surface area contributed by atoms with E-state index in [4.69, 9.17) is 47.4 Å². The summed E-state index contributed by atoms with van der Waals surface area (Å²) in [5, 5.41) is 119. The molecule has 0 bridgehead atoms. The highest BCUT2D eigenvalue weighted by molar-refractivity contribution is 5.88. The molecule has 4 saturated heterocycles. The molecule has 0 aliphatic carbocycles. The first-order valence-electron chi connectivity index (χ1n) is 20.1. The number of aliphatic hydroxyl groups is 11. The minimum Gasteiger partial charge on any atom is -0.459 e. The maximum absolute atomic E-state index is 12.5. The molecule has 4 aliphatic heterocycles. The lowest BCUT2D eigenvalue weighted by atomic mass is 9.96. The summed E-state index contributed by atoms with van der Waals surface area (Å²) >= 11 is 0. The normalized spacial score (nSPS) is 41.8. The number of hydrogen-bond donors (Lipinski definition) is 11. The van der Waals surface area contributed by atoms with E-state index in [1.807, 2.05) is 0 Å².